The Morgan fingerprint density at radius 2 is 1.71 bits per heavy atom. The Labute approximate surface area is 277 Å². The summed E-state index contributed by atoms with van der Waals surface area (Å²) in [6.45, 7) is 7.43. The first-order valence-electron chi connectivity index (χ1n) is 15.8. The maximum atomic E-state index is 15.4. The first kappa shape index (κ1) is 33.9. The molecule has 3 aliphatic carbocycles. The van der Waals surface area contributed by atoms with E-state index < -0.39 is 94.5 Å². The quantitative estimate of drug-likeness (QED) is 0.275. The van der Waals surface area contributed by atoms with E-state index in [0.717, 1.165) is 4.90 Å². The fraction of sp³-hybridized carbons (Fsp3) is 0.618. The van der Waals surface area contributed by atoms with Crippen LogP contribution in [0.3, 0.4) is 0 Å². The number of aliphatic hydroxyl groups is 1. The number of ketones is 1. The molecule has 14 nitrogen and oxygen atoms in total. The van der Waals surface area contributed by atoms with E-state index in [0.29, 0.717) is 0 Å². The highest BCUT2D eigenvalue weighted by Gasteiger charge is 2.83. The molecular formula is C34H41NO13. The number of carbonyl (C=O) groups is 5. The molecule has 6 rings (SSSR count). The zero-order valence-corrected chi connectivity index (χ0v) is 28.1. The van der Waals surface area contributed by atoms with Gasteiger partial charge in [0.15, 0.2) is 29.7 Å². The van der Waals surface area contributed by atoms with Crippen LogP contribution in [0.5, 0.6) is 0 Å². The van der Waals surface area contributed by atoms with Crippen LogP contribution in [0.15, 0.2) is 41.5 Å². The second-order valence-electron chi connectivity index (χ2n) is 14.1. The SMILES string of the molecule is CO[C@H]1C[C@H]2OC[C@@]2(OC(C)=O)[C@H]2[C@H](OC(=O)c3ccccc3)[C@]34OC(=O)O[C@H]3[C@H](O)C(C)=C([C@@H](OC(=O)N(C)C)C(=O)[C@]12C)C4(C)C. The molecule has 2 heterocycles. The number of benzene rings is 1. The number of esters is 2. The maximum Gasteiger partial charge on any atom is 0.509 e. The monoisotopic (exact) mass is 671 g/mol. The number of methoxy groups -OCH3 is 1. The van der Waals surface area contributed by atoms with E-state index in [1.807, 2.05) is 0 Å². The van der Waals surface area contributed by atoms with Gasteiger partial charge in [-0.15, -0.1) is 0 Å². The summed E-state index contributed by atoms with van der Waals surface area (Å²) in [6, 6.07) is 8.07. The lowest BCUT2D eigenvalue weighted by Crippen LogP contribution is -2.83. The van der Waals surface area contributed by atoms with E-state index in [-0.39, 0.29) is 29.7 Å². The molecule has 0 aromatic heterocycles. The Balaban J connectivity index is 1.72. The van der Waals surface area contributed by atoms with Crippen molar-refractivity contribution in [3.63, 3.8) is 0 Å². The molecule has 2 bridgehead atoms. The van der Waals surface area contributed by atoms with Gasteiger partial charge in [-0.3, -0.25) is 9.59 Å². The van der Waals surface area contributed by atoms with Gasteiger partial charge < -0.3 is 43.2 Å². The third kappa shape index (κ3) is 4.37. The summed E-state index contributed by atoms with van der Waals surface area (Å²) in [4.78, 5) is 70.2. The van der Waals surface area contributed by atoms with E-state index in [4.69, 9.17) is 33.2 Å². The molecule has 14 heteroatoms. The average molecular weight is 672 g/mol. The van der Waals surface area contributed by atoms with Gasteiger partial charge >= 0.3 is 24.2 Å². The van der Waals surface area contributed by atoms with Crippen molar-refractivity contribution >= 4 is 30.0 Å². The minimum atomic E-state index is -2.07. The van der Waals surface area contributed by atoms with Gasteiger partial charge in [-0.05, 0) is 37.1 Å². The number of fused-ring (bicyclic) bond motifs is 4. The second-order valence-corrected chi connectivity index (χ2v) is 14.1. The first-order chi connectivity index (χ1) is 22.5. The van der Waals surface area contributed by atoms with Crippen molar-refractivity contribution in [3.8, 4) is 0 Å². The molecule has 2 aliphatic heterocycles. The summed E-state index contributed by atoms with van der Waals surface area (Å²) in [6.07, 6.45) is -10.1. The summed E-state index contributed by atoms with van der Waals surface area (Å²) >= 11 is 0. The summed E-state index contributed by atoms with van der Waals surface area (Å²) < 4.78 is 42.4. The van der Waals surface area contributed by atoms with Gasteiger partial charge in [-0.1, -0.05) is 32.0 Å². The molecule has 1 aromatic carbocycles. The van der Waals surface area contributed by atoms with Crippen LogP contribution in [-0.2, 0) is 42.7 Å². The Morgan fingerprint density at radius 1 is 1.04 bits per heavy atom. The molecule has 48 heavy (non-hydrogen) atoms. The minimum absolute atomic E-state index is 0.0764. The van der Waals surface area contributed by atoms with Crippen LogP contribution in [0.2, 0.25) is 0 Å². The number of ether oxygens (including phenoxy) is 7. The number of amides is 1. The third-order valence-corrected chi connectivity index (χ3v) is 11.2. The first-order valence-corrected chi connectivity index (χ1v) is 15.8. The van der Waals surface area contributed by atoms with Crippen molar-refractivity contribution < 1.29 is 62.2 Å². The molecule has 0 unspecified atom stereocenters. The standard InChI is InChI=1S/C34H41NO13/c1-16-21-23(44-29(40)35(6)7)25(38)32(5)19(42-8)14-20-33(15-43-20,47-17(2)36)24(32)27(45-28(39)18-12-10-9-11-13-18)34(31(21,3)4)26(22(16)37)46-30(41)48-34/h9-13,19-20,22-24,26-27,37H,14-15H2,1-8H3/t19-,20+,22+,23+,24-,26-,27-,32+,33-,34+/m0/s1. The molecule has 4 fully saturated rings. The Hall–Kier alpha value is -4.01. The van der Waals surface area contributed by atoms with Gasteiger partial charge in [0.05, 0.1) is 29.6 Å². The highest BCUT2D eigenvalue weighted by Crippen LogP contribution is 2.66. The van der Waals surface area contributed by atoms with Gasteiger partial charge in [0.25, 0.3) is 0 Å². The van der Waals surface area contributed by atoms with E-state index in [1.54, 1.807) is 45.9 Å². The molecule has 1 aromatic rings. The number of rotatable bonds is 5. The maximum absolute atomic E-state index is 15.4. The number of hydrogen-bond donors (Lipinski definition) is 1. The summed E-state index contributed by atoms with van der Waals surface area (Å²) in [7, 11) is 4.31. The Morgan fingerprint density at radius 3 is 2.27 bits per heavy atom. The number of hydrogen-bond acceptors (Lipinski definition) is 13. The molecule has 2 saturated heterocycles. The zero-order chi connectivity index (χ0) is 35.1. The third-order valence-electron chi connectivity index (χ3n) is 11.2. The van der Waals surface area contributed by atoms with Crippen molar-refractivity contribution in [2.45, 2.75) is 88.9 Å². The van der Waals surface area contributed by atoms with E-state index in [1.165, 1.54) is 40.3 Å². The van der Waals surface area contributed by atoms with Gasteiger partial charge in [0.1, 0.15) is 12.2 Å². The van der Waals surface area contributed by atoms with Crippen LogP contribution < -0.4 is 0 Å². The Kier molecular flexibility index (Phi) is 7.96. The molecule has 1 amide bonds. The van der Waals surface area contributed by atoms with Crippen molar-refractivity contribution in [1.82, 2.24) is 4.90 Å². The lowest BCUT2D eigenvalue weighted by Gasteiger charge is -2.67. The number of carbonyl (C=O) groups excluding carboxylic acids is 5. The normalized spacial score (nSPS) is 39.1. The smallest absolute Gasteiger partial charge is 0.454 e. The van der Waals surface area contributed by atoms with Gasteiger partial charge in [0, 0.05) is 40.0 Å². The van der Waals surface area contributed by atoms with E-state index in [2.05, 4.69) is 0 Å². The molecule has 10 atom stereocenters. The van der Waals surface area contributed by atoms with Crippen molar-refractivity contribution in [2.75, 3.05) is 27.8 Å². The zero-order valence-electron chi connectivity index (χ0n) is 28.1. The largest absolute Gasteiger partial charge is 0.509 e. The fourth-order valence-corrected chi connectivity index (χ4v) is 9.01. The fourth-order valence-electron chi connectivity index (χ4n) is 9.01. The number of aliphatic hydroxyl groups excluding tert-OH is 1. The summed E-state index contributed by atoms with van der Waals surface area (Å²) in [5, 5.41) is 11.9. The Bertz CT molecular complexity index is 1590. The average Bonchev–Trinajstić information content (AvgIpc) is 3.39. The predicted molar refractivity (Wildman–Crippen MR) is 162 cm³/mol. The second kappa shape index (κ2) is 11.3. The van der Waals surface area contributed by atoms with E-state index in [9.17, 15) is 24.3 Å². The molecule has 260 valence electrons. The van der Waals surface area contributed by atoms with Crippen LogP contribution in [0, 0.1) is 16.7 Å². The topological polar surface area (TPSA) is 173 Å². The summed E-state index contributed by atoms with van der Waals surface area (Å²) in [5.74, 6) is -3.54. The van der Waals surface area contributed by atoms with Crippen molar-refractivity contribution in [1.29, 1.82) is 0 Å². The van der Waals surface area contributed by atoms with Gasteiger partial charge in [-0.2, -0.15) is 0 Å². The number of nitrogens with zero attached hydrogens (tertiary/aromatic N) is 1. The number of Topliss-reactive ketones (excluding diaryl/α,β-unsaturated/α-hetero) is 1. The predicted octanol–water partition coefficient (Wildman–Crippen LogP) is 2.59. The minimum Gasteiger partial charge on any atom is -0.454 e. The molecule has 0 radical (unpaired) electrons. The van der Waals surface area contributed by atoms with Crippen LogP contribution in [0.1, 0.15) is 51.4 Å². The van der Waals surface area contributed by atoms with Crippen LogP contribution in [0.4, 0.5) is 9.59 Å². The molecular weight excluding hydrogens is 630 g/mol. The van der Waals surface area contributed by atoms with Crippen LogP contribution in [0.25, 0.3) is 0 Å². The molecule has 2 saturated carbocycles. The van der Waals surface area contributed by atoms with Crippen molar-refractivity contribution in [2.24, 2.45) is 16.7 Å². The lowest BCUT2D eigenvalue weighted by molar-refractivity contribution is -0.347. The van der Waals surface area contributed by atoms with Crippen LogP contribution in [-0.4, -0.2) is 116 Å². The molecule has 1 spiro atoms. The molecule has 1 N–H and O–H groups in total. The van der Waals surface area contributed by atoms with Crippen LogP contribution >= 0.6 is 0 Å². The summed E-state index contributed by atoms with van der Waals surface area (Å²) in [5.41, 5.74) is -6.47. The highest BCUT2D eigenvalue weighted by atomic mass is 16.8. The lowest BCUT2D eigenvalue weighted by atomic mass is 9.44. The van der Waals surface area contributed by atoms with E-state index >= 15 is 4.79 Å². The molecule has 5 aliphatic rings. The van der Waals surface area contributed by atoms with Gasteiger partial charge in [-0.25, -0.2) is 14.4 Å². The highest BCUT2D eigenvalue weighted by molar-refractivity contribution is 5.96. The van der Waals surface area contributed by atoms with Gasteiger partial charge in [0.2, 0.25) is 5.60 Å². The van der Waals surface area contributed by atoms with Crippen molar-refractivity contribution in [3.05, 3.63) is 47.0 Å².